The van der Waals surface area contributed by atoms with E-state index in [1.54, 1.807) is 0 Å². The number of aliphatic hydroxyl groups is 2. The van der Waals surface area contributed by atoms with Gasteiger partial charge in [0, 0.05) is 5.92 Å². The number of aliphatic carboxylic acids is 1. The number of hydrogen-bond acceptors (Lipinski definition) is 5. The van der Waals surface area contributed by atoms with Gasteiger partial charge in [0.05, 0.1) is 24.5 Å². The average Bonchev–Trinajstić information content (AvgIpc) is 2.64. The van der Waals surface area contributed by atoms with Crippen LogP contribution in [0.3, 0.4) is 0 Å². The first kappa shape index (κ1) is 23.6. The molecule has 29 heavy (non-hydrogen) atoms. The molecule has 2 aliphatic rings. The van der Waals surface area contributed by atoms with Crippen LogP contribution in [0.5, 0.6) is 0 Å². The molecule has 0 spiro atoms. The maximum atomic E-state index is 12.4. The quantitative estimate of drug-likeness (QED) is 0.478. The first-order valence-electron chi connectivity index (χ1n) is 10.9. The van der Waals surface area contributed by atoms with Gasteiger partial charge in [-0.1, -0.05) is 39.0 Å². The van der Waals surface area contributed by atoms with E-state index in [2.05, 4.69) is 25.2 Å². The fourth-order valence-electron chi connectivity index (χ4n) is 4.48. The van der Waals surface area contributed by atoms with Gasteiger partial charge in [0.15, 0.2) is 0 Å². The number of fused-ring (bicyclic) bond motifs is 1. The number of hydrogen-bond donors (Lipinski definition) is 3. The van der Waals surface area contributed by atoms with E-state index in [0.717, 1.165) is 25.7 Å². The van der Waals surface area contributed by atoms with E-state index in [4.69, 9.17) is 9.84 Å². The zero-order chi connectivity index (χ0) is 21.6. The lowest BCUT2D eigenvalue weighted by molar-refractivity contribution is -0.158. The fourth-order valence-corrected chi connectivity index (χ4v) is 4.48. The Morgan fingerprint density at radius 1 is 1.28 bits per heavy atom. The Morgan fingerprint density at radius 2 is 2.00 bits per heavy atom. The lowest BCUT2D eigenvalue weighted by Gasteiger charge is -2.41. The van der Waals surface area contributed by atoms with Crippen LogP contribution in [0.25, 0.3) is 0 Å². The molecule has 1 unspecified atom stereocenters. The predicted octanol–water partition coefficient (Wildman–Crippen LogP) is 3.47. The van der Waals surface area contributed by atoms with Crippen molar-refractivity contribution in [3.63, 3.8) is 0 Å². The molecule has 6 heteroatoms. The summed E-state index contributed by atoms with van der Waals surface area (Å²) in [7, 11) is 0. The first-order chi connectivity index (χ1) is 13.7. The zero-order valence-electron chi connectivity index (χ0n) is 17.8. The van der Waals surface area contributed by atoms with Crippen LogP contribution in [0.2, 0.25) is 0 Å². The third-order valence-electron chi connectivity index (χ3n) is 6.23. The van der Waals surface area contributed by atoms with E-state index in [9.17, 15) is 19.8 Å². The summed E-state index contributed by atoms with van der Waals surface area (Å²) in [5.41, 5.74) is 1.21. The molecule has 0 bridgehead atoms. The van der Waals surface area contributed by atoms with Gasteiger partial charge < -0.3 is 20.1 Å². The third kappa shape index (κ3) is 6.96. The highest BCUT2D eigenvalue weighted by molar-refractivity contribution is 5.72. The molecular weight excluding hydrogens is 372 g/mol. The van der Waals surface area contributed by atoms with E-state index in [0.29, 0.717) is 12.3 Å². The van der Waals surface area contributed by atoms with Crippen LogP contribution in [-0.4, -0.2) is 45.6 Å². The largest absolute Gasteiger partial charge is 0.481 e. The summed E-state index contributed by atoms with van der Waals surface area (Å²) in [6.07, 6.45) is 7.94. The molecule has 0 aromatic heterocycles. The second kappa shape index (κ2) is 10.9. The summed E-state index contributed by atoms with van der Waals surface area (Å²) in [5.74, 6) is -0.610. The number of carboxylic acids is 1. The maximum Gasteiger partial charge on any atom is 0.308 e. The van der Waals surface area contributed by atoms with Crippen LogP contribution < -0.4 is 0 Å². The number of rotatable bonds is 10. The molecule has 2 aliphatic carbocycles. The molecule has 0 saturated heterocycles. The summed E-state index contributed by atoms with van der Waals surface area (Å²) in [6.45, 7) is 6.01. The van der Waals surface area contributed by atoms with Crippen molar-refractivity contribution in [3.8, 4) is 0 Å². The van der Waals surface area contributed by atoms with Crippen LogP contribution in [0.4, 0.5) is 0 Å². The molecule has 6 nitrogen and oxygen atoms in total. The Bertz CT molecular complexity index is 625. The Balaban J connectivity index is 2.02. The van der Waals surface area contributed by atoms with Gasteiger partial charge in [0.1, 0.15) is 6.10 Å². The highest BCUT2D eigenvalue weighted by Gasteiger charge is 2.39. The number of carbonyl (C=O) groups excluding carboxylic acids is 1. The van der Waals surface area contributed by atoms with Gasteiger partial charge >= 0.3 is 11.9 Å². The lowest BCUT2D eigenvalue weighted by atomic mass is 9.68. The van der Waals surface area contributed by atoms with Crippen molar-refractivity contribution in [1.29, 1.82) is 0 Å². The minimum Gasteiger partial charge on any atom is -0.481 e. The molecule has 0 heterocycles. The van der Waals surface area contributed by atoms with Crippen molar-refractivity contribution in [3.05, 3.63) is 23.8 Å². The van der Waals surface area contributed by atoms with Crippen LogP contribution in [0.1, 0.15) is 65.7 Å². The minimum atomic E-state index is -1.07. The Hall–Kier alpha value is -1.66. The average molecular weight is 409 g/mol. The fraction of sp³-hybridized carbons (Fsp3) is 0.739. The van der Waals surface area contributed by atoms with Crippen LogP contribution in [0, 0.1) is 23.7 Å². The molecule has 7 atom stereocenters. The van der Waals surface area contributed by atoms with Crippen molar-refractivity contribution < 1.29 is 29.6 Å². The highest BCUT2D eigenvalue weighted by Crippen LogP contribution is 2.43. The van der Waals surface area contributed by atoms with Crippen molar-refractivity contribution in [2.24, 2.45) is 23.7 Å². The first-order valence-corrected chi connectivity index (χ1v) is 10.9. The van der Waals surface area contributed by atoms with Gasteiger partial charge in [-0.15, -0.1) is 0 Å². The number of aliphatic hydroxyl groups excluding tert-OH is 2. The van der Waals surface area contributed by atoms with Gasteiger partial charge in [-0.3, -0.25) is 9.59 Å². The summed E-state index contributed by atoms with van der Waals surface area (Å²) in [6, 6.07) is 0. The number of carboxylic acid groups (broad SMARTS) is 1. The molecule has 0 radical (unpaired) electrons. The van der Waals surface area contributed by atoms with E-state index in [-0.39, 0.29) is 42.7 Å². The Labute approximate surface area is 173 Å². The van der Waals surface area contributed by atoms with E-state index in [1.807, 2.05) is 13.8 Å². The summed E-state index contributed by atoms with van der Waals surface area (Å²) < 4.78 is 5.95. The van der Waals surface area contributed by atoms with Gasteiger partial charge in [-0.2, -0.15) is 0 Å². The molecule has 0 aromatic rings. The van der Waals surface area contributed by atoms with E-state index < -0.39 is 18.2 Å². The van der Waals surface area contributed by atoms with Crippen molar-refractivity contribution in [1.82, 2.24) is 0 Å². The lowest BCUT2D eigenvalue weighted by Crippen LogP contribution is -2.39. The Morgan fingerprint density at radius 3 is 2.66 bits per heavy atom. The zero-order valence-corrected chi connectivity index (χ0v) is 17.8. The monoisotopic (exact) mass is 408 g/mol. The highest BCUT2D eigenvalue weighted by atomic mass is 16.5. The Kier molecular flexibility index (Phi) is 8.90. The molecular formula is C23H36O6. The summed E-state index contributed by atoms with van der Waals surface area (Å²) in [4.78, 5) is 23.1. The third-order valence-corrected chi connectivity index (χ3v) is 6.23. The van der Waals surface area contributed by atoms with Crippen LogP contribution in [-0.2, 0) is 14.3 Å². The predicted molar refractivity (Wildman–Crippen MR) is 110 cm³/mol. The molecule has 0 saturated carbocycles. The topological polar surface area (TPSA) is 104 Å². The van der Waals surface area contributed by atoms with Gasteiger partial charge in [0.2, 0.25) is 0 Å². The molecule has 3 N–H and O–H groups in total. The molecule has 164 valence electrons. The number of carbonyl (C=O) groups is 2. The summed E-state index contributed by atoms with van der Waals surface area (Å²) in [5, 5.41) is 28.7. The smallest absolute Gasteiger partial charge is 0.308 e. The van der Waals surface area contributed by atoms with Crippen LogP contribution >= 0.6 is 0 Å². The summed E-state index contributed by atoms with van der Waals surface area (Å²) >= 11 is 0. The van der Waals surface area contributed by atoms with Crippen molar-refractivity contribution in [2.45, 2.75) is 84.0 Å². The SMILES string of the molecule is CC[C@H](C)C(=O)O[C@H]1C[C@@H](C)C=C2C=CC[C@H](CC[C@@H](O)CC(O)CC(=O)O)[C@H]21. The second-order valence-corrected chi connectivity index (χ2v) is 8.81. The minimum absolute atomic E-state index is 0.0612. The number of ether oxygens (including phenoxy) is 1. The maximum absolute atomic E-state index is 12.4. The standard InChI is InChI=1S/C23H36O6/c1-4-15(3)23(28)29-20-11-14(2)10-17-7-5-6-16(22(17)20)8-9-18(24)12-19(25)13-21(26)27/h5,7,10,14-16,18-20,22,24-25H,4,6,8-9,11-13H2,1-3H3,(H,26,27)/t14-,15-,16+,18+,19?,20-,22+/m0/s1. The van der Waals surface area contributed by atoms with Gasteiger partial charge in [-0.25, -0.2) is 0 Å². The number of esters is 1. The molecule has 0 aromatic carbocycles. The van der Waals surface area contributed by atoms with E-state index in [1.165, 1.54) is 5.57 Å². The molecule has 2 rings (SSSR count). The molecule has 0 fully saturated rings. The van der Waals surface area contributed by atoms with Gasteiger partial charge in [0.25, 0.3) is 0 Å². The van der Waals surface area contributed by atoms with Crippen molar-refractivity contribution >= 4 is 11.9 Å². The van der Waals surface area contributed by atoms with Crippen molar-refractivity contribution in [2.75, 3.05) is 0 Å². The second-order valence-electron chi connectivity index (χ2n) is 8.81. The number of allylic oxidation sites excluding steroid dienone is 3. The van der Waals surface area contributed by atoms with Crippen LogP contribution in [0.15, 0.2) is 23.8 Å². The molecule has 0 amide bonds. The molecule has 0 aliphatic heterocycles. The van der Waals surface area contributed by atoms with E-state index >= 15 is 0 Å². The normalized spacial score (nSPS) is 29.3. The van der Waals surface area contributed by atoms with Gasteiger partial charge in [-0.05, 0) is 55.9 Å².